The van der Waals surface area contributed by atoms with Gasteiger partial charge in [0.05, 0.1) is 7.11 Å². The van der Waals surface area contributed by atoms with Crippen molar-refractivity contribution in [2.45, 2.75) is 12.0 Å². The first-order valence-corrected chi connectivity index (χ1v) is 9.00. The molecule has 0 aromatic heterocycles. The van der Waals surface area contributed by atoms with Gasteiger partial charge in [-0.25, -0.2) is 9.18 Å². The fraction of sp³-hybridized carbons (Fsp3) is 0.222. The number of para-hydroxylation sites is 1. The van der Waals surface area contributed by atoms with E-state index in [1.54, 1.807) is 30.3 Å². The number of ether oxygens (including phenoxy) is 1. The molecule has 2 aromatic rings. The Hall–Kier alpha value is -2.36. The summed E-state index contributed by atoms with van der Waals surface area (Å²) >= 11 is 2.01. The maximum absolute atomic E-state index is 14.6. The Labute approximate surface area is 163 Å². The van der Waals surface area contributed by atoms with Crippen LogP contribution in [0.2, 0.25) is 0 Å². The molecule has 0 radical (unpaired) electrons. The summed E-state index contributed by atoms with van der Waals surface area (Å²) in [5.74, 6) is -0.921. The number of carbonyl (C=O) groups is 2. The van der Waals surface area contributed by atoms with Crippen LogP contribution in [0, 0.1) is 9.39 Å². The molecular formula is C18H17FIN3O3. The monoisotopic (exact) mass is 469 g/mol. The van der Waals surface area contributed by atoms with Crippen molar-refractivity contribution in [1.29, 1.82) is 0 Å². The zero-order valence-corrected chi connectivity index (χ0v) is 16.0. The minimum Gasteiger partial charge on any atom is -0.497 e. The van der Waals surface area contributed by atoms with E-state index in [1.807, 2.05) is 28.7 Å². The van der Waals surface area contributed by atoms with Gasteiger partial charge in [0.25, 0.3) is 0 Å². The van der Waals surface area contributed by atoms with Gasteiger partial charge in [-0.05, 0) is 40.8 Å². The summed E-state index contributed by atoms with van der Waals surface area (Å²) in [6.07, 6.45) is 0. The van der Waals surface area contributed by atoms with Gasteiger partial charge in [-0.15, -0.1) is 0 Å². The molecule has 0 saturated carbocycles. The number of methoxy groups -OCH3 is 1. The average molecular weight is 469 g/mol. The van der Waals surface area contributed by atoms with Gasteiger partial charge >= 0.3 is 6.03 Å². The minimum atomic E-state index is -0.866. The second-order valence-corrected chi connectivity index (χ2v) is 6.96. The summed E-state index contributed by atoms with van der Waals surface area (Å²) < 4.78 is 20.3. The van der Waals surface area contributed by atoms with Crippen molar-refractivity contribution < 1.29 is 18.7 Å². The predicted molar refractivity (Wildman–Crippen MR) is 104 cm³/mol. The first-order valence-electron chi connectivity index (χ1n) is 7.93. The van der Waals surface area contributed by atoms with Gasteiger partial charge in [-0.3, -0.25) is 4.79 Å². The number of urea groups is 1. The largest absolute Gasteiger partial charge is 0.497 e. The van der Waals surface area contributed by atoms with Gasteiger partial charge in [0.15, 0.2) is 0 Å². The van der Waals surface area contributed by atoms with Crippen molar-refractivity contribution in [1.82, 2.24) is 10.6 Å². The molecule has 2 unspecified atom stereocenters. The molecule has 3 rings (SSSR count). The Kier molecular flexibility index (Phi) is 5.60. The average Bonchev–Trinajstić information content (AvgIpc) is 2.95. The van der Waals surface area contributed by atoms with E-state index in [1.165, 1.54) is 13.2 Å². The summed E-state index contributed by atoms with van der Waals surface area (Å²) in [7, 11) is 1.46. The molecule has 2 atom stereocenters. The smallest absolute Gasteiger partial charge is 0.319 e. The van der Waals surface area contributed by atoms with E-state index in [9.17, 15) is 14.0 Å². The van der Waals surface area contributed by atoms with E-state index >= 15 is 0 Å². The first-order chi connectivity index (χ1) is 12.5. The third-order valence-corrected chi connectivity index (χ3v) is 5.05. The fourth-order valence-corrected chi connectivity index (χ4v) is 3.88. The lowest BCUT2D eigenvalue weighted by Gasteiger charge is -2.21. The molecule has 0 bridgehead atoms. The highest BCUT2D eigenvalue weighted by molar-refractivity contribution is 14.1. The number of amides is 3. The number of anilines is 1. The van der Waals surface area contributed by atoms with Gasteiger partial charge < -0.3 is 20.7 Å². The SMILES string of the molecule is COc1cc(F)c(C2CNC(=O)C2NC(=O)Nc2ccccc2)c(I)c1. The van der Waals surface area contributed by atoms with Gasteiger partial charge in [0, 0.05) is 33.4 Å². The standard InChI is InChI=1S/C18H17FIN3O3/c1-26-11-7-13(19)15(14(20)8-11)12-9-21-17(24)16(12)23-18(25)22-10-5-3-2-4-6-10/h2-8,12,16H,9H2,1H3,(H,21,24)(H2,22,23,25). The summed E-state index contributed by atoms with van der Waals surface area (Å²) in [5, 5.41) is 8.00. The van der Waals surface area contributed by atoms with Crippen molar-refractivity contribution in [3.63, 3.8) is 0 Å². The van der Waals surface area contributed by atoms with Crippen LogP contribution in [0.15, 0.2) is 42.5 Å². The van der Waals surface area contributed by atoms with E-state index in [0.717, 1.165) is 0 Å². The van der Waals surface area contributed by atoms with Crippen LogP contribution >= 0.6 is 22.6 Å². The van der Waals surface area contributed by atoms with Crippen molar-refractivity contribution in [2.24, 2.45) is 0 Å². The van der Waals surface area contributed by atoms with Crippen LogP contribution in [0.1, 0.15) is 11.5 Å². The quantitative estimate of drug-likeness (QED) is 0.603. The van der Waals surface area contributed by atoms with Crippen LogP contribution in [0.25, 0.3) is 0 Å². The zero-order chi connectivity index (χ0) is 18.7. The summed E-state index contributed by atoms with van der Waals surface area (Å²) in [6, 6.07) is 10.5. The van der Waals surface area contributed by atoms with E-state index in [2.05, 4.69) is 16.0 Å². The number of hydrogen-bond donors (Lipinski definition) is 3. The molecule has 0 spiro atoms. The molecule has 26 heavy (non-hydrogen) atoms. The van der Waals surface area contributed by atoms with Crippen LogP contribution in [0.5, 0.6) is 5.75 Å². The van der Waals surface area contributed by atoms with E-state index in [4.69, 9.17) is 4.74 Å². The Morgan fingerprint density at radius 2 is 2.04 bits per heavy atom. The van der Waals surface area contributed by atoms with E-state index < -0.39 is 23.8 Å². The number of benzene rings is 2. The fourth-order valence-electron chi connectivity index (χ4n) is 2.92. The van der Waals surface area contributed by atoms with Crippen LogP contribution in [-0.4, -0.2) is 31.6 Å². The maximum Gasteiger partial charge on any atom is 0.319 e. The molecule has 6 nitrogen and oxygen atoms in total. The van der Waals surface area contributed by atoms with Gasteiger partial charge in [-0.2, -0.15) is 0 Å². The van der Waals surface area contributed by atoms with Crippen molar-refractivity contribution >= 4 is 40.2 Å². The highest BCUT2D eigenvalue weighted by atomic mass is 127. The normalized spacial score (nSPS) is 19.0. The van der Waals surface area contributed by atoms with Gasteiger partial charge in [0.2, 0.25) is 5.91 Å². The number of nitrogens with one attached hydrogen (secondary N) is 3. The molecule has 1 aliphatic heterocycles. The predicted octanol–water partition coefficient (Wildman–Crippen LogP) is 2.84. The number of halogens is 2. The lowest BCUT2D eigenvalue weighted by molar-refractivity contribution is -0.120. The third-order valence-electron chi connectivity index (χ3n) is 4.16. The van der Waals surface area contributed by atoms with E-state index in [0.29, 0.717) is 20.6 Å². The highest BCUT2D eigenvalue weighted by Gasteiger charge is 2.39. The minimum absolute atomic E-state index is 0.244. The Morgan fingerprint density at radius 3 is 2.69 bits per heavy atom. The maximum atomic E-state index is 14.6. The third kappa shape index (κ3) is 3.90. The van der Waals surface area contributed by atoms with Crippen molar-refractivity contribution in [3.05, 3.63) is 57.4 Å². The second-order valence-electron chi connectivity index (χ2n) is 5.80. The van der Waals surface area contributed by atoms with Gasteiger partial charge in [0.1, 0.15) is 17.6 Å². The highest BCUT2D eigenvalue weighted by Crippen LogP contribution is 2.33. The molecule has 3 amide bonds. The van der Waals surface area contributed by atoms with Crippen molar-refractivity contribution in [3.8, 4) is 5.75 Å². The number of hydrogen-bond acceptors (Lipinski definition) is 3. The molecule has 1 fully saturated rings. The lowest BCUT2D eigenvalue weighted by Crippen LogP contribution is -2.45. The number of carbonyl (C=O) groups excluding carboxylic acids is 2. The first kappa shape index (κ1) is 18.4. The summed E-state index contributed by atoms with van der Waals surface area (Å²) in [5.41, 5.74) is 0.986. The second kappa shape index (κ2) is 7.90. The molecule has 1 saturated heterocycles. The molecule has 136 valence electrons. The van der Waals surface area contributed by atoms with Crippen LogP contribution < -0.4 is 20.7 Å². The molecule has 1 heterocycles. The Bertz CT molecular complexity index is 809. The van der Waals surface area contributed by atoms with E-state index in [-0.39, 0.29) is 12.5 Å². The molecule has 1 aliphatic rings. The Morgan fingerprint density at radius 1 is 1.31 bits per heavy atom. The summed E-state index contributed by atoms with van der Waals surface area (Å²) in [4.78, 5) is 24.4. The summed E-state index contributed by atoms with van der Waals surface area (Å²) in [6.45, 7) is 0.244. The lowest BCUT2D eigenvalue weighted by atomic mass is 9.93. The molecule has 0 aliphatic carbocycles. The van der Waals surface area contributed by atoms with Crippen LogP contribution in [0.3, 0.4) is 0 Å². The molecular weight excluding hydrogens is 452 g/mol. The van der Waals surface area contributed by atoms with Crippen molar-refractivity contribution in [2.75, 3.05) is 19.0 Å². The van der Waals surface area contributed by atoms with Crippen LogP contribution in [0.4, 0.5) is 14.9 Å². The Balaban J connectivity index is 1.80. The van der Waals surface area contributed by atoms with Gasteiger partial charge in [-0.1, -0.05) is 18.2 Å². The van der Waals surface area contributed by atoms with Crippen LogP contribution in [-0.2, 0) is 4.79 Å². The molecule has 2 aromatic carbocycles. The topological polar surface area (TPSA) is 79.5 Å². The number of rotatable bonds is 4. The molecule has 8 heteroatoms. The zero-order valence-electron chi connectivity index (χ0n) is 13.9. The molecule has 3 N–H and O–H groups in total.